The van der Waals surface area contributed by atoms with Crippen LogP contribution in [0.15, 0.2) is 22.7 Å². The zero-order chi connectivity index (χ0) is 27.6. The van der Waals surface area contributed by atoms with Crippen LogP contribution in [-0.4, -0.2) is 47.7 Å². The number of benzene rings is 1. The maximum atomic E-state index is 14.5. The molecule has 2 aromatic rings. The number of carbonyl (C=O) groups excluding carboxylic acids is 1. The number of hydrogen-bond acceptors (Lipinski definition) is 6. The van der Waals surface area contributed by atoms with E-state index < -0.39 is 23.7 Å². The van der Waals surface area contributed by atoms with Crippen LogP contribution in [-0.2, 0) is 11.2 Å². The number of anilines is 1. The Bertz CT molecular complexity index is 1130. The van der Waals surface area contributed by atoms with E-state index in [1.165, 1.54) is 18.6 Å². The fraction of sp³-hybridized carbons (Fsp3) is 0.690. The Hall–Kier alpha value is -2.78. The minimum Gasteiger partial charge on any atom is -0.493 e. The predicted octanol–water partition coefficient (Wildman–Crippen LogP) is 5.89. The van der Waals surface area contributed by atoms with Gasteiger partial charge in [-0.25, -0.2) is 13.2 Å². The maximum absolute atomic E-state index is 14.5. The van der Waals surface area contributed by atoms with Gasteiger partial charge in [0.1, 0.15) is 11.6 Å². The summed E-state index contributed by atoms with van der Waals surface area (Å²) in [4.78, 5) is 18.9. The summed E-state index contributed by atoms with van der Waals surface area (Å²) in [5.41, 5.74) is 0.232. The first kappa shape index (κ1) is 27.8. The molecule has 0 spiro atoms. The van der Waals surface area contributed by atoms with E-state index in [2.05, 4.69) is 34.2 Å². The van der Waals surface area contributed by atoms with Crippen molar-refractivity contribution in [2.75, 3.05) is 24.6 Å². The van der Waals surface area contributed by atoms with E-state index in [0.29, 0.717) is 18.4 Å². The highest BCUT2D eigenvalue weighted by Gasteiger charge is 2.43. The topological polar surface area (TPSA) is 80.5 Å². The lowest BCUT2D eigenvalue weighted by atomic mass is 9.90. The van der Waals surface area contributed by atoms with Crippen molar-refractivity contribution in [3.05, 3.63) is 35.4 Å². The Labute approximate surface area is 227 Å². The van der Waals surface area contributed by atoms with Crippen molar-refractivity contribution >= 4 is 11.9 Å². The molecule has 5 rings (SSSR count). The minimum absolute atomic E-state index is 0.177. The van der Waals surface area contributed by atoms with Crippen LogP contribution in [0.1, 0.15) is 82.5 Å². The highest BCUT2D eigenvalue weighted by Crippen LogP contribution is 2.50. The van der Waals surface area contributed by atoms with Crippen LogP contribution < -0.4 is 15.0 Å². The lowest BCUT2D eigenvalue weighted by Gasteiger charge is -2.30. The van der Waals surface area contributed by atoms with Gasteiger partial charge in [-0.05, 0) is 67.9 Å². The van der Waals surface area contributed by atoms with E-state index in [0.717, 1.165) is 62.4 Å². The first-order chi connectivity index (χ1) is 18.7. The quantitative estimate of drug-likeness (QED) is 0.353. The molecule has 1 amide bonds. The summed E-state index contributed by atoms with van der Waals surface area (Å²) >= 11 is 0. The number of ether oxygens (including phenoxy) is 1. The first-order valence-corrected chi connectivity index (χ1v) is 14.3. The van der Waals surface area contributed by atoms with Gasteiger partial charge in [-0.3, -0.25) is 4.79 Å². The molecule has 1 aromatic heterocycles. The van der Waals surface area contributed by atoms with Crippen molar-refractivity contribution in [3.63, 3.8) is 0 Å². The van der Waals surface area contributed by atoms with Gasteiger partial charge in [-0.15, -0.1) is 0 Å². The molecule has 2 saturated carbocycles. The zero-order valence-electron chi connectivity index (χ0n) is 22.8. The maximum Gasteiger partial charge on any atom is 0.324 e. The van der Waals surface area contributed by atoms with Gasteiger partial charge in [-0.1, -0.05) is 25.1 Å². The van der Waals surface area contributed by atoms with Crippen LogP contribution in [0.5, 0.6) is 5.75 Å². The second kappa shape index (κ2) is 11.8. The van der Waals surface area contributed by atoms with Crippen LogP contribution in [0.3, 0.4) is 0 Å². The molecular weight excluding hydrogens is 509 g/mol. The summed E-state index contributed by atoms with van der Waals surface area (Å²) < 4.78 is 52.4. The van der Waals surface area contributed by atoms with Crippen molar-refractivity contribution < 1.29 is 27.2 Å². The molecule has 3 aliphatic rings. The molecule has 2 heterocycles. The van der Waals surface area contributed by atoms with Crippen molar-refractivity contribution in [1.29, 1.82) is 0 Å². The highest BCUT2D eigenvalue weighted by atomic mass is 19.3. The standard InChI is InChI=1S/C29H39F3N4O3/c1-18(2)27-34-28(39-35-27)36-11-8-19(9-12-36)24-14-20(24)4-3-13-38-23-6-5-21(25(30)16-23)15-26(37)33-22-7-10-29(31,32)17-22/h5-6,16,18-20,22,24H,3-4,7-15,17H2,1-2H3,(H,33,37)/t20-,22?,24-/m1/s1. The van der Waals surface area contributed by atoms with Gasteiger partial charge in [0.25, 0.3) is 0 Å². The molecule has 214 valence electrons. The van der Waals surface area contributed by atoms with Crippen LogP contribution in [0.25, 0.3) is 0 Å². The van der Waals surface area contributed by atoms with Crippen LogP contribution in [0.2, 0.25) is 0 Å². The Kier molecular flexibility index (Phi) is 8.38. The Morgan fingerprint density at radius 2 is 2.05 bits per heavy atom. The van der Waals surface area contributed by atoms with Gasteiger partial charge >= 0.3 is 6.01 Å². The summed E-state index contributed by atoms with van der Waals surface area (Å²) in [7, 11) is 0. The third kappa shape index (κ3) is 7.25. The molecule has 2 aliphatic carbocycles. The number of aromatic nitrogens is 2. The van der Waals surface area contributed by atoms with Crippen LogP contribution in [0, 0.1) is 23.6 Å². The fourth-order valence-electron chi connectivity index (χ4n) is 6.11. The monoisotopic (exact) mass is 548 g/mol. The van der Waals surface area contributed by atoms with E-state index in [1.54, 1.807) is 6.07 Å². The van der Waals surface area contributed by atoms with Crippen molar-refractivity contribution in [2.45, 2.75) is 89.5 Å². The third-order valence-corrected chi connectivity index (χ3v) is 8.47. The lowest BCUT2D eigenvalue weighted by Crippen LogP contribution is -2.35. The molecule has 10 heteroatoms. The lowest BCUT2D eigenvalue weighted by molar-refractivity contribution is -0.121. The van der Waals surface area contributed by atoms with E-state index in [9.17, 15) is 18.0 Å². The molecule has 1 aromatic carbocycles. The molecule has 7 nitrogen and oxygen atoms in total. The Balaban J connectivity index is 0.972. The van der Waals surface area contributed by atoms with Crippen LogP contribution >= 0.6 is 0 Å². The van der Waals surface area contributed by atoms with E-state index in [1.807, 2.05) is 0 Å². The summed E-state index contributed by atoms with van der Waals surface area (Å²) in [6.07, 6.45) is 5.08. The van der Waals surface area contributed by atoms with Gasteiger partial charge in [0, 0.05) is 44.0 Å². The number of alkyl halides is 2. The fourth-order valence-corrected chi connectivity index (χ4v) is 6.11. The molecule has 1 saturated heterocycles. The van der Waals surface area contributed by atoms with Crippen molar-refractivity contribution in [2.24, 2.45) is 17.8 Å². The molecule has 1 unspecified atom stereocenters. The third-order valence-electron chi connectivity index (χ3n) is 8.47. The summed E-state index contributed by atoms with van der Waals surface area (Å²) in [5.74, 6) is 0.0222. The van der Waals surface area contributed by atoms with Crippen LogP contribution in [0.4, 0.5) is 19.2 Å². The second-order valence-electron chi connectivity index (χ2n) is 11.9. The molecule has 3 atom stereocenters. The van der Waals surface area contributed by atoms with Gasteiger partial charge in [0.15, 0.2) is 5.82 Å². The molecule has 1 N–H and O–H groups in total. The molecule has 0 radical (unpaired) electrons. The summed E-state index contributed by atoms with van der Waals surface area (Å²) in [6.45, 7) is 6.55. The number of nitrogens with one attached hydrogen (secondary N) is 1. The molecule has 3 fully saturated rings. The Morgan fingerprint density at radius 1 is 1.26 bits per heavy atom. The van der Waals surface area contributed by atoms with E-state index >= 15 is 0 Å². The normalized spacial score (nSPS) is 24.8. The largest absolute Gasteiger partial charge is 0.493 e. The minimum atomic E-state index is -2.73. The van der Waals surface area contributed by atoms with Gasteiger partial charge in [0.05, 0.1) is 13.0 Å². The number of piperidine rings is 1. The molecular formula is C29H39F3N4O3. The zero-order valence-corrected chi connectivity index (χ0v) is 22.8. The Morgan fingerprint density at radius 3 is 2.72 bits per heavy atom. The first-order valence-electron chi connectivity index (χ1n) is 14.3. The average molecular weight is 549 g/mol. The molecule has 1 aliphatic heterocycles. The van der Waals surface area contributed by atoms with Gasteiger partial charge < -0.3 is 19.5 Å². The van der Waals surface area contributed by atoms with E-state index in [-0.39, 0.29) is 37.2 Å². The van der Waals surface area contributed by atoms with Crippen molar-refractivity contribution in [3.8, 4) is 5.75 Å². The molecule has 39 heavy (non-hydrogen) atoms. The highest BCUT2D eigenvalue weighted by molar-refractivity contribution is 5.79. The number of hydrogen-bond donors (Lipinski definition) is 1. The predicted molar refractivity (Wildman–Crippen MR) is 140 cm³/mol. The number of nitrogens with zero attached hydrogens (tertiary/aromatic N) is 3. The number of amides is 1. The average Bonchev–Trinajstić information content (AvgIpc) is 3.32. The summed E-state index contributed by atoms with van der Waals surface area (Å²) in [6, 6.07) is 4.59. The number of carbonyl (C=O) groups is 1. The van der Waals surface area contributed by atoms with Gasteiger partial charge in [-0.2, -0.15) is 4.98 Å². The number of rotatable bonds is 11. The second-order valence-corrected chi connectivity index (χ2v) is 11.9. The van der Waals surface area contributed by atoms with E-state index in [4.69, 9.17) is 9.26 Å². The SMILES string of the molecule is CC(C)c1noc(N2CCC([C@H]3C[C@H]3CCCOc3ccc(CC(=O)NC4CCC(F)(F)C4)c(F)c3)CC2)n1. The van der Waals surface area contributed by atoms with Gasteiger partial charge in [0.2, 0.25) is 11.8 Å². The summed E-state index contributed by atoms with van der Waals surface area (Å²) in [5, 5.41) is 6.67. The number of halogens is 3. The molecule has 0 bridgehead atoms. The van der Waals surface area contributed by atoms with Crippen molar-refractivity contribution in [1.82, 2.24) is 15.5 Å². The smallest absolute Gasteiger partial charge is 0.324 e.